The Labute approximate surface area is 150 Å². The van der Waals surface area contributed by atoms with Crippen LogP contribution in [0.5, 0.6) is 0 Å². The molecule has 1 N–H and O–H groups in total. The van der Waals surface area contributed by atoms with Crippen molar-refractivity contribution < 1.29 is 0 Å². The Kier molecular flexibility index (Phi) is 7.05. The number of hydrogen-bond acceptors (Lipinski definition) is 3. The first-order valence-electron chi connectivity index (χ1n) is 7.72. The predicted octanol–water partition coefficient (Wildman–Crippen LogP) is 3.72. The van der Waals surface area contributed by atoms with Crippen LogP contribution in [0, 0.1) is 0 Å². The molecule has 2 rings (SSSR count). The smallest absolute Gasteiger partial charge is 0.193 e. The van der Waals surface area contributed by atoms with E-state index in [1.165, 1.54) is 10.6 Å². The van der Waals surface area contributed by atoms with Crippen LogP contribution in [0.3, 0.4) is 0 Å². The Bertz CT molecular complexity index is 636. The van der Waals surface area contributed by atoms with E-state index < -0.39 is 0 Å². The van der Waals surface area contributed by atoms with Gasteiger partial charge >= 0.3 is 0 Å². The van der Waals surface area contributed by atoms with Gasteiger partial charge in [-0.3, -0.25) is 4.99 Å². The first kappa shape index (κ1) is 17.9. The number of halogens is 1. The van der Waals surface area contributed by atoms with Crippen LogP contribution in [-0.2, 0) is 19.4 Å². The van der Waals surface area contributed by atoms with E-state index in [-0.39, 0.29) is 0 Å². The maximum atomic E-state index is 4.59. The van der Waals surface area contributed by atoms with Gasteiger partial charge in [-0.2, -0.15) is 0 Å². The Balaban J connectivity index is 1.83. The van der Waals surface area contributed by atoms with Gasteiger partial charge in [0.2, 0.25) is 0 Å². The molecule has 0 unspecified atom stereocenters. The summed E-state index contributed by atoms with van der Waals surface area (Å²) in [4.78, 5) is 11.1. The van der Waals surface area contributed by atoms with Gasteiger partial charge in [0.25, 0.3) is 0 Å². The van der Waals surface area contributed by atoms with Gasteiger partial charge in [0.1, 0.15) is 0 Å². The van der Waals surface area contributed by atoms with Crippen molar-refractivity contribution in [1.82, 2.24) is 15.2 Å². The fourth-order valence-corrected chi connectivity index (χ4v) is 3.30. The SMILES string of the molecule is CCc1nc(CCNC(=NC)N(C)Cc2ccc(Br)cc2)cs1. The van der Waals surface area contributed by atoms with E-state index in [1.54, 1.807) is 11.3 Å². The van der Waals surface area contributed by atoms with Gasteiger partial charge in [-0.25, -0.2) is 4.98 Å². The lowest BCUT2D eigenvalue weighted by Gasteiger charge is -2.22. The summed E-state index contributed by atoms with van der Waals surface area (Å²) >= 11 is 5.20. The van der Waals surface area contributed by atoms with Crippen molar-refractivity contribution in [1.29, 1.82) is 0 Å². The number of guanidine groups is 1. The normalized spacial score (nSPS) is 11.6. The average molecular weight is 395 g/mol. The summed E-state index contributed by atoms with van der Waals surface area (Å²) in [6.07, 6.45) is 1.93. The third kappa shape index (κ3) is 5.62. The van der Waals surface area contributed by atoms with Crippen LogP contribution in [0.15, 0.2) is 39.1 Å². The number of aliphatic imine (C=N–C) groups is 1. The number of nitrogens with one attached hydrogen (secondary N) is 1. The number of aryl methyl sites for hydroxylation is 1. The van der Waals surface area contributed by atoms with Crippen LogP contribution < -0.4 is 5.32 Å². The second-order valence-corrected chi connectivity index (χ2v) is 7.15. The van der Waals surface area contributed by atoms with E-state index in [2.05, 4.69) is 79.7 Å². The molecule has 0 spiro atoms. The fourth-order valence-electron chi connectivity index (χ4n) is 2.25. The molecule has 2 aromatic rings. The monoisotopic (exact) mass is 394 g/mol. The second-order valence-electron chi connectivity index (χ2n) is 5.29. The lowest BCUT2D eigenvalue weighted by molar-refractivity contribution is 0.477. The van der Waals surface area contributed by atoms with Gasteiger partial charge in [0.15, 0.2) is 5.96 Å². The zero-order chi connectivity index (χ0) is 16.7. The van der Waals surface area contributed by atoms with Gasteiger partial charge in [0.05, 0.1) is 10.7 Å². The molecular weight excluding hydrogens is 372 g/mol. The van der Waals surface area contributed by atoms with Crippen LogP contribution >= 0.6 is 27.3 Å². The van der Waals surface area contributed by atoms with E-state index >= 15 is 0 Å². The zero-order valence-corrected chi connectivity index (χ0v) is 16.2. The van der Waals surface area contributed by atoms with E-state index in [0.717, 1.165) is 42.1 Å². The summed E-state index contributed by atoms with van der Waals surface area (Å²) in [5, 5.41) is 6.76. The highest BCUT2D eigenvalue weighted by Gasteiger charge is 2.07. The van der Waals surface area contributed by atoms with Gasteiger partial charge in [-0.15, -0.1) is 11.3 Å². The molecule has 1 aromatic heterocycles. The molecule has 0 saturated carbocycles. The standard InChI is InChI=1S/C17H23BrN4S/c1-4-16-21-15(12-23-16)9-10-20-17(19-2)22(3)11-13-5-7-14(18)8-6-13/h5-8,12H,4,9-11H2,1-3H3,(H,19,20). The van der Waals surface area contributed by atoms with Crippen LogP contribution in [0.4, 0.5) is 0 Å². The number of aromatic nitrogens is 1. The quantitative estimate of drug-likeness (QED) is 0.599. The fraction of sp³-hybridized carbons (Fsp3) is 0.412. The van der Waals surface area contributed by atoms with Crippen LogP contribution in [-0.4, -0.2) is 36.5 Å². The summed E-state index contributed by atoms with van der Waals surface area (Å²) in [6.45, 7) is 3.80. The molecule has 0 fully saturated rings. The maximum absolute atomic E-state index is 4.59. The molecule has 0 aliphatic carbocycles. The van der Waals surface area contributed by atoms with Crippen molar-refractivity contribution in [2.75, 3.05) is 20.6 Å². The lowest BCUT2D eigenvalue weighted by atomic mass is 10.2. The first-order valence-corrected chi connectivity index (χ1v) is 9.39. The average Bonchev–Trinajstić information content (AvgIpc) is 3.01. The molecule has 0 saturated heterocycles. The molecule has 23 heavy (non-hydrogen) atoms. The Morgan fingerprint density at radius 1 is 1.35 bits per heavy atom. The maximum Gasteiger partial charge on any atom is 0.193 e. The second kappa shape index (κ2) is 9.03. The third-order valence-electron chi connectivity index (χ3n) is 3.47. The number of thiazole rings is 1. The molecule has 0 radical (unpaired) electrons. The number of hydrogen-bond donors (Lipinski definition) is 1. The minimum Gasteiger partial charge on any atom is -0.356 e. The minimum atomic E-state index is 0.823. The molecule has 0 aliphatic heterocycles. The van der Waals surface area contributed by atoms with Gasteiger partial charge in [-0.1, -0.05) is 35.0 Å². The molecule has 0 bridgehead atoms. The summed E-state index contributed by atoms with van der Waals surface area (Å²) in [5.41, 5.74) is 2.41. The Morgan fingerprint density at radius 2 is 2.09 bits per heavy atom. The van der Waals surface area contributed by atoms with Gasteiger partial charge in [0, 0.05) is 43.5 Å². The van der Waals surface area contributed by atoms with Crippen molar-refractivity contribution in [2.45, 2.75) is 26.3 Å². The molecule has 1 heterocycles. The van der Waals surface area contributed by atoms with Crippen molar-refractivity contribution in [2.24, 2.45) is 4.99 Å². The molecular formula is C17H23BrN4S. The van der Waals surface area contributed by atoms with E-state index in [1.807, 2.05) is 7.05 Å². The summed E-state index contributed by atoms with van der Waals surface area (Å²) < 4.78 is 1.10. The topological polar surface area (TPSA) is 40.5 Å². The molecule has 1 aromatic carbocycles. The third-order valence-corrected chi connectivity index (χ3v) is 5.04. The highest BCUT2D eigenvalue weighted by atomic mass is 79.9. The molecule has 6 heteroatoms. The highest BCUT2D eigenvalue weighted by Crippen LogP contribution is 2.12. The first-order chi connectivity index (χ1) is 11.1. The Morgan fingerprint density at radius 3 is 2.70 bits per heavy atom. The molecule has 124 valence electrons. The number of nitrogens with zero attached hydrogens (tertiary/aromatic N) is 3. The Hall–Kier alpha value is -1.40. The highest BCUT2D eigenvalue weighted by molar-refractivity contribution is 9.10. The largest absolute Gasteiger partial charge is 0.356 e. The summed E-state index contributed by atoms with van der Waals surface area (Å²) in [5.74, 6) is 0.902. The molecule has 0 aliphatic rings. The molecule has 0 atom stereocenters. The molecule has 4 nitrogen and oxygen atoms in total. The van der Waals surface area contributed by atoms with Crippen molar-refractivity contribution in [3.63, 3.8) is 0 Å². The number of benzene rings is 1. The van der Waals surface area contributed by atoms with Crippen molar-refractivity contribution in [3.05, 3.63) is 50.4 Å². The van der Waals surface area contributed by atoms with Crippen molar-refractivity contribution >= 4 is 33.2 Å². The zero-order valence-electron chi connectivity index (χ0n) is 13.8. The molecule has 0 amide bonds. The summed E-state index contributed by atoms with van der Waals surface area (Å²) in [7, 11) is 3.87. The van der Waals surface area contributed by atoms with E-state index in [9.17, 15) is 0 Å². The van der Waals surface area contributed by atoms with Crippen LogP contribution in [0.2, 0.25) is 0 Å². The lowest BCUT2D eigenvalue weighted by Crippen LogP contribution is -2.39. The number of rotatable bonds is 6. The van der Waals surface area contributed by atoms with E-state index in [4.69, 9.17) is 0 Å². The van der Waals surface area contributed by atoms with Crippen LogP contribution in [0.1, 0.15) is 23.2 Å². The van der Waals surface area contributed by atoms with Crippen LogP contribution in [0.25, 0.3) is 0 Å². The van der Waals surface area contributed by atoms with Crippen molar-refractivity contribution in [3.8, 4) is 0 Å². The van der Waals surface area contributed by atoms with Gasteiger partial charge in [-0.05, 0) is 24.1 Å². The summed E-state index contributed by atoms with van der Waals surface area (Å²) in [6, 6.07) is 8.37. The van der Waals surface area contributed by atoms with Gasteiger partial charge < -0.3 is 10.2 Å². The predicted molar refractivity (Wildman–Crippen MR) is 102 cm³/mol. The minimum absolute atomic E-state index is 0.823. The van der Waals surface area contributed by atoms with E-state index in [0.29, 0.717) is 0 Å².